The first-order chi connectivity index (χ1) is 5.27. The van der Waals surface area contributed by atoms with Crippen molar-refractivity contribution in [3.05, 3.63) is 16.7 Å². The molecule has 6 heteroatoms. The van der Waals surface area contributed by atoms with Gasteiger partial charge in [0.25, 0.3) is 0 Å². The van der Waals surface area contributed by atoms with Gasteiger partial charge in [0.1, 0.15) is 0 Å². The Kier molecular flexibility index (Phi) is 1.28. The largest absolute Gasteiger partial charge is 0.397 e. The molecule has 0 atom stereocenters. The second kappa shape index (κ2) is 2.16. The number of rotatable bonds is 0. The Balaban J connectivity index is 2.91. The third-order valence-corrected chi connectivity index (χ3v) is 1.85. The van der Waals surface area contributed by atoms with Gasteiger partial charge in [-0.15, -0.1) is 5.10 Å². The van der Waals surface area contributed by atoms with E-state index in [-0.39, 0.29) is 0 Å². The molecule has 0 aliphatic rings. The molecule has 0 saturated heterocycles. The fourth-order valence-corrected chi connectivity index (χ4v) is 1.35. The monoisotopic (exact) mass is 213 g/mol. The number of pyridine rings is 1. The maximum Gasteiger partial charge on any atom is 0.193 e. The number of tetrazole rings is 1. The van der Waals surface area contributed by atoms with Gasteiger partial charge in [-0.1, -0.05) is 0 Å². The number of nitrogens with two attached hydrogens (primary N) is 1. The second-order valence-corrected chi connectivity index (χ2v) is 2.92. The zero-order chi connectivity index (χ0) is 7.84. The SMILES string of the molecule is Nc1cc(Br)c2nnnn2c1. The minimum Gasteiger partial charge on any atom is -0.397 e. The van der Waals surface area contributed by atoms with Crippen molar-refractivity contribution in [1.82, 2.24) is 20.0 Å². The lowest BCUT2D eigenvalue weighted by Crippen LogP contribution is -1.92. The molecule has 0 saturated carbocycles. The number of hydrogen-bond acceptors (Lipinski definition) is 4. The van der Waals surface area contributed by atoms with Crippen LogP contribution in [0.15, 0.2) is 16.7 Å². The molecule has 11 heavy (non-hydrogen) atoms. The van der Waals surface area contributed by atoms with E-state index in [4.69, 9.17) is 5.73 Å². The molecule has 2 aromatic rings. The van der Waals surface area contributed by atoms with Crippen LogP contribution < -0.4 is 5.73 Å². The van der Waals surface area contributed by atoms with Crippen LogP contribution in [0.1, 0.15) is 0 Å². The van der Waals surface area contributed by atoms with E-state index in [0.29, 0.717) is 11.3 Å². The topological polar surface area (TPSA) is 69.1 Å². The Labute approximate surface area is 70.3 Å². The van der Waals surface area contributed by atoms with Crippen LogP contribution in [0.2, 0.25) is 0 Å². The Morgan fingerprint density at radius 1 is 1.55 bits per heavy atom. The molecule has 0 spiro atoms. The number of anilines is 1. The molecule has 0 amide bonds. The van der Waals surface area contributed by atoms with Gasteiger partial charge in [-0.3, -0.25) is 0 Å². The molecule has 0 aliphatic carbocycles. The van der Waals surface area contributed by atoms with Crippen molar-refractivity contribution >= 4 is 27.3 Å². The maximum atomic E-state index is 5.54. The van der Waals surface area contributed by atoms with E-state index < -0.39 is 0 Å². The van der Waals surface area contributed by atoms with Crippen LogP contribution in [0, 0.1) is 0 Å². The zero-order valence-corrected chi connectivity index (χ0v) is 6.98. The van der Waals surface area contributed by atoms with Crippen LogP contribution in [0.5, 0.6) is 0 Å². The van der Waals surface area contributed by atoms with E-state index in [1.54, 1.807) is 12.3 Å². The quantitative estimate of drug-likeness (QED) is 0.691. The van der Waals surface area contributed by atoms with Crippen LogP contribution in [0.25, 0.3) is 5.65 Å². The molecule has 2 aromatic heterocycles. The van der Waals surface area contributed by atoms with Crippen molar-refractivity contribution in [2.45, 2.75) is 0 Å². The summed E-state index contributed by atoms with van der Waals surface area (Å²) < 4.78 is 2.31. The zero-order valence-electron chi connectivity index (χ0n) is 5.40. The number of fused-ring (bicyclic) bond motifs is 1. The van der Waals surface area contributed by atoms with Gasteiger partial charge >= 0.3 is 0 Å². The lowest BCUT2D eigenvalue weighted by Gasteiger charge is -1.94. The van der Waals surface area contributed by atoms with E-state index in [1.807, 2.05) is 0 Å². The van der Waals surface area contributed by atoms with Crippen LogP contribution in [-0.2, 0) is 0 Å². The summed E-state index contributed by atoms with van der Waals surface area (Å²) >= 11 is 3.28. The lowest BCUT2D eigenvalue weighted by molar-refractivity contribution is 0.824. The number of nitrogen functional groups attached to an aromatic ring is 1. The molecule has 5 nitrogen and oxygen atoms in total. The van der Waals surface area contributed by atoms with Crippen LogP contribution >= 0.6 is 15.9 Å². The summed E-state index contributed by atoms with van der Waals surface area (Å²) in [5.74, 6) is 0. The van der Waals surface area contributed by atoms with Crippen LogP contribution in [-0.4, -0.2) is 20.0 Å². The summed E-state index contributed by atoms with van der Waals surface area (Å²) in [7, 11) is 0. The van der Waals surface area contributed by atoms with E-state index in [0.717, 1.165) is 4.47 Å². The van der Waals surface area contributed by atoms with E-state index in [9.17, 15) is 0 Å². The molecule has 0 radical (unpaired) electrons. The normalized spacial score (nSPS) is 10.6. The van der Waals surface area contributed by atoms with Gasteiger partial charge in [0.05, 0.1) is 16.4 Å². The number of halogens is 1. The van der Waals surface area contributed by atoms with E-state index in [1.165, 1.54) is 4.52 Å². The van der Waals surface area contributed by atoms with Gasteiger partial charge in [0, 0.05) is 0 Å². The Bertz CT molecular complexity index is 395. The average Bonchev–Trinajstić information content (AvgIpc) is 2.34. The first kappa shape index (κ1) is 6.53. The average molecular weight is 214 g/mol. The Morgan fingerprint density at radius 2 is 2.36 bits per heavy atom. The highest BCUT2D eigenvalue weighted by Gasteiger charge is 2.01. The Hall–Kier alpha value is -1.17. The number of aromatic nitrogens is 4. The van der Waals surface area contributed by atoms with Gasteiger partial charge in [-0.25, -0.2) is 0 Å². The summed E-state index contributed by atoms with van der Waals surface area (Å²) in [5, 5.41) is 10.9. The minimum absolute atomic E-state index is 0.622. The van der Waals surface area contributed by atoms with Gasteiger partial charge in [0.2, 0.25) is 0 Å². The first-order valence-corrected chi connectivity index (χ1v) is 3.69. The predicted molar refractivity (Wildman–Crippen MR) is 42.9 cm³/mol. The first-order valence-electron chi connectivity index (χ1n) is 2.90. The molecule has 0 aromatic carbocycles. The van der Waals surface area contributed by atoms with Crippen LogP contribution in [0.3, 0.4) is 0 Å². The lowest BCUT2D eigenvalue weighted by atomic mass is 10.4. The molecule has 0 bridgehead atoms. The van der Waals surface area contributed by atoms with E-state index in [2.05, 4.69) is 31.5 Å². The van der Waals surface area contributed by atoms with Crippen molar-refractivity contribution in [2.24, 2.45) is 0 Å². The molecule has 2 rings (SSSR count). The molecule has 2 N–H and O–H groups in total. The summed E-state index contributed by atoms with van der Waals surface area (Å²) in [5.41, 5.74) is 6.83. The van der Waals surface area contributed by atoms with Crippen LogP contribution in [0.4, 0.5) is 5.69 Å². The fraction of sp³-hybridized carbons (Fsp3) is 0. The summed E-state index contributed by atoms with van der Waals surface area (Å²) in [4.78, 5) is 0. The number of hydrogen-bond donors (Lipinski definition) is 1. The second-order valence-electron chi connectivity index (χ2n) is 2.07. The molecule has 0 fully saturated rings. The van der Waals surface area contributed by atoms with Crippen molar-refractivity contribution in [3.63, 3.8) is 0 Å². The molecule has 2 heterocycles. The summed E-state index contributed by atoms with van der Waals surface area (Å²) in [6.45, 7) is 0. The Morgan fingerprint density at radius 3 is 3.18 bits per heavy atom. The van der Waals surface area contributed by atoms with E-state index >= 15 is 0 Å². The highest BCUT2D eigenvalue weighted by atomic mass is 79.9. The standard InChI is InChI=1S/C5H4BrN5/c6-4-1-3(7)2-11-5(4)8-9-10-11/h1-2H,7H2. The fourth-order valence-electron chi connectivity index (χ4n) is 0.827. The number of nitrogens with zero attached hydrogens (tertiary/aromatic N) is 4. The molecular formula is C5H4BrN5. The highest BCUT2D eigenvalue weighted by Crippen LogP contribution is 2.17. The summed E-state index contributed by atoms with van der Waals surface area (Å²) in [6, 6.07) is 1.76. The molecule has 56 valence electrons. The van der Waals surface area contributed by atoms with Gasteiger partial charge in [-0.05, 0) is 32.4 Å². The minimum atomic E-state index is 0.622. The third kappa shape index (κ3) is 0.949. The smallest absolute Gasteiger partial charge is 0.193 e. The van der Waals surface area contributed by atoms with Crippen molar-refractivity contribution < 1.29 is 0 Å². The van der Waals surface area contributed by atoms with Gasteiger partial charge < -0.3 is 5.73 Å². The predicted octanol–water partition coefficient (Wildman–Crippen LogP) is 0.469. The highest BCUT2D eigenvalue weighted by molar-refractivity contribution is 9.10. The van der Waals surface area contributed by atoms with Gasteiger partial charge in [-0.2, -0.15) is 4.52 Å². The van der Waals surface area contributed by atoms with Crippen molar-refractivity contribution in [1.29, 1.82) is 0 Å². The van der Waals surface area contributed by atoms with Crippen molar-refractivity contribution in [2.75, 3.05) is 5.73 Å². The third-order valence-electron chi connectivity index (χ3n) is 1.27. The summed E-state index contributed by atoms with van der Waals surface area (Å²) in [6.07, 6.45) is 1.65. The molecular weight excluding hydrogens is 210 g/mol. The van der Waals surface area contributed by atoms with Gasteiger partial charge in [0.15, 0.2) is 5.65 Å². The molecule has 0 aliphatic heterocycles. The maximum absolute atomic E-state index is 5.54. The molecule has 0 unspecified atom stereocenters. The van der Waals surface area contributed by atoms with Crippen molar-refractivity contribution in [3.8, 4) is 0 Å².